The van der Waals surface area contributed by atoms with Crippen molar-refractivity contribution in [3.8, 4) is 5.75 Å². The molecule has 4 aromatic heterocycles. The Labute approximate surface area is 232 Å². The standard InChI is InChI=1S/C24H27ClN8O3S2/c1-14-29-33-20-15(27-24(33)37-14)6-7-32(21(20)17-12-26-23(38-17)30(2)3)19(34)13-36-16-4-5-18(28-22(16)25)31-8-10-35-11-9-31/h4-5,12,21H,6-11,13H2,1-3H3. The minimum Gasteiger partial charge on any atom is -0.481 e. The summed E-state index contributed by atoms with van der Waals surface area (Å²) in [6, 6.07) is 3.26. The smallest absolute Gasteiger partial charge is 0.261 e. The second kappa shape index (κ2) is 10.3. The first-order valence-electron chi connectivity index (χ1n) is 12.3. The van der Waals surface area contributed by atoms with Crippen molar-refractivity contribution in [2.75, 3.05) is 63.4 Å². The van der Waals surface area contributed by atoms with Crippen molar-refractivity contribution in [2.45, 2.75) is 19.4 Å². The Bertz CT molecular complexity index is 1480. The maximum Gasteiger partial charge on any atom is 0.261 e. The van der Waals surface area contributed by atoms with Crippen LogP contribution in [-0.2, 0) is 16.0 Å². The molecule has 2 aliphatic rings. The normalized spacial score (nSPS) is 17.6. The van der Waals surface area contributed by atoms with Gasteiger partial charge >= 0.3 is 0 Å². The zero-order chi connectivity index (χ0) is 26.4. The van der Waals surface area contributed by atoms with Crippen LogP contribution in [0.4, 0.5) is 10.9 Å². The number of halogens is 1. The number of anilines is 2. The first kappa shape index (κ1) is 25.3. The van der Waals surface area contributed by atoms with Gasteiger partial charge in [-0.05, 0) is 19.1 Å². The van der Waals surface area contributed by atoms with Gasteiger partial charge in [-0.2, -0.15) is 5.10 Å². The summed E-state index contributed by atoms with van der Waals surface area (Å²) < 4.78 is 13.2. The van der Waals surface area contributed by atoms with E-state index in [1.165, 1.54) is 0 Å². The molecular weight excluding hydrogens is 548 g/mol. The molecule has 4 aromatic rings. The Balaban J connectivity index is 1.26. The lowest BCUT2D eigenvalue weighted by atomic mass is 10.0. The average molecular weight is 575 g/mol. The van der Waals surface area contributed by atoms with Gasteiger partial charge < -0.3 is 24.2 Å². The third kappa shape index (κ3) is 4.68. The Morgan fingerprint density at radius 2 is 2.03 bits per heavy atom. The number of pyridine rings is 1. The molecule has 6 heterocycles. The summed E-state index contributed by atoms with van der Waals surface area (Å²) in [4.78, 5) is 35.2. The van der Waals surface area contributed by atoms with Gasteiger partial charge in [0.05, 0.1) is 29.5 Å². The number of ether oxygens (including phenoxy) is 2. The Hall–Kier alpha value is -3.00. The van der Waals surface area contributed by atoms with Crippen LogP contribution in [0.2, 0.25) is 5.15 Å². The number of hydrogen-bond donors (Lipinski definition) is 0. The number of morpholine rings is 1. The molecule has 1 saturated heterocycles. The van der Waals surface area contributed by atoms with E-state index in [4.69, 9.17) is 26.1 Å². The number of rotatable bonds is 6. The van der Waals surface area contributed by atoms with E-state index in [0.717, 1.165) is 50.3 Å². The molecule has 200 valence electrons. The highest BCUT2D eigenvalue weighted by Gasteiger charge is 2.38. The van der Waals surface area contributed by atoms with Crippen molar-refractivity contribution in [1.82, 2.24) is 29.5 Å². The van der Waals surface area contributed by atoms with Gasteiger partial charge in [0.15, 0.2) is 22.6 Å². The third-order valence-corrected chi connectivity index (χ3v) is 8.86. The van der Waals surface area contributed by atoms with Crippen molar-refractivity contribution >= 4 is 56.1 Å². The van der Waals surface area contributed by atoms with E-state index < -0.39 is 0 Å². The quantitative estimate of drug-likeness (QED) is 0.322. The number of carbonyl (C=O) groups excluding carboxylic acids is 1. The molecular formula is C24H27ClN8O3S2. The summed E-state index contributed by atoms with van der Waals surface area (Å²) in [7, 11) is 3.91. The zero-order valence-electron chi connectivity index (χ0n) is 21.3. The second-order valence-electron chi connectivity index (χ2n) is 9.28. The predicted molar refractivity (Wildman–Crippen MR) is 147 cm³/mol. The number of aromatic nitrogens is 5. The molecule has 1 amide bonds. The van der Waals surface area contributed by atoms with E-state index in [1.807, 2.05) is 47.6 Å². The highest BCUT2D eigenvalue weighted by molar-refractivity contribution is 7.16. The highest BCUT2D eigenvalue weighted by Crippen LogP contribution is 2.40. The van der Waals surface area contributed by atoms with Gasteiger partial charge in [0.2, 0.25) is 4.96 Å². The van der Waals surface area contributed by atoms with Crippen LogP contribution in [0.3, 0.4) is 0 Å². The zero-order valence-corrected chi connectivity index (χ0v) is 23.6. The second-order valence-corrected chi connectivity index (χ2v) is 11.8. The monoisotopic (exact) mass is 574 g/mol. The van der Waals surface area contributed by atoms with Crippen molar-refractivity contribution in [3.05, 3.63) is 44.8 Å². The highest BCUT2D eigenvalue weighted by atomic mass is 35.5. The molecule has 0 N–H and O–H groups in total. The van der Waals surface area contributed by atoms with Crippen LogP contribution in [0.1, 0.15) is 27.3 Å². The number of imidazole rings is 1. The number of fused-ring (bicyclic) bond motifs is 3. The van der Waals surface area contributed by atoms with Crippen LogP contribution < -0.4 is 14.5 Å². The lowest BCUT2D eigenvalue weighted by Crippen LogP contribution is -2.43. The van der Waals surface area contributed by atoms with E-state index >= 15 is 0 Å². The van der Waals surface area contributed by atoms with Gasteiger partial charge in [-0.15, -0.1) is 0 Å². The molecule has 0 saturated carbocycles. The number of thiazole rings is 1. The summed E-state index contributed by atoms with van der Waals surface area (Å²) in [6.45, 7) is 5.14. The fraction of sp³-hybridized carbons (Fsp3) is 0.458. The van der Waals surface area contributed by atoms with Crippen LogP contribution in [0.5, 0.6) is 5.75 Å². The van der Waals surface area contributed by atoms with E-state index in [-0.39, 0.29) is 23.7 Å². The first-order chi connectivity index (χ1) is 18.4. The number of aryl methyl sites for hydroxylation is 1. The van der Waals surface area contributed by atoms with Crippen molar-refractivity contribution in [2.24, 2.45) is 0 Å². The predicted octanol–water partition coefficient (Wildman–Crippen LogP) is 3.06. The Morgan fingerprint density at radius 1 is 1.21 bits per heavy atom. The van der Waals surface area contributed by atoms with Gasteiger partial charge in [-0.1, -0.05) is 34.3 Å². The summed E-state index contributed by atoms with van der Waals surface area (Å²) in [6.07, 6.45) is 2.48. The van der Waals surface area contributed by atoms with Gasteiger partial charge in [0.25, 0.3) is 5.91 Å². The third-order valence-electron chi connectivity index (χ3n) is 6.55. The lowest BCUT2D eigenvalue weighted by molar-refractivity contribution is -0.135. The maximum absolute atomic E-state index is 13.6. The molecule has 11 nitrogen and oxygen atoms in total. The van der Waals surface area contributed by atoms with E-state index in [2.05, 4.69) is 20.0 Å². The van der Waals surface area contributed by atoms with Gasteiger partial charge in [0.1, 0.15) is 16.9 Å². The van der Waals surface area contributed by atoms with Crippen molar-refractivity contribution in [3.63, 3.8) is 0 Å². The number of amides is 1. The van der Waals surface area contributed by atoms with Gasteiger partial charge in [0, 0.05) is 46.3 Å². The molecule has 0 aromatic carbocycles. The lowest BCUT2D eigenvalue weighted by Gasteiger charge is -2.34. The Kier molecular flexibility index (Phi) is 6.84. The molecule has 6 rings (SSSR count). The van der Waals surface area contributed by atoms with E-state index in [9.17, 15) is 4.79 Å². The van der Waals surface area contributed by atoms with E-state index in [1.54, 1.807) is 28.7 Å². The molecule has 1 unspecified atom stereocenters. The number of carbonyl (C=O) groups is 1. The maximum atomic E-state index is 13.6. The van der Waals surface area contributed by atoms with Crippen LogP contribution in [0.25, 0.3) is 4.96 Å². The fourth-order valence-corrected chi connectivity index (χ4v) is 6.67. The fourth-order valence-electron chi connectivity index (χ4n) is 4.74. The number of nitrogens with zero attached hydrogens (tertiary/aromatic N) is 8. The van der Waals surface area contributed by atoms with Crippen LogP contribution in [0, 0.1) is 6.92 Å². The minimum absolute atomic E-state index is 0.157. The molecule has 0 radical (unpaired) electrons. The largest absolute Gasteiger partial charge is 0.481 e. The summed E-state index contributed by atoms with van der Waals surface area (Å²) in [5.41, 5.74) is 1.87. The van der Waals surface area contributed by atoms with E-state index in [0.29, 0.717) is 31.9 Å². The summed E-state index contributed by atoms with van der Waals surface area (Å²) in [5.74, 6) is 0.988. The molecule has 0 aliphatic carbocycles. The van der Waals surface area contributed by atoms with Crippen LogP contribution >= 0.6 is 34.3 Å². The van der Waals surface area contributed by atoms with Crippen molar-refractivity contribution < 1.29 is 14.3 Å². The molecule has 14 heteroatoms. The van der Waals surface area contributed by atoms with Gasteiger partial charge in [-0.25, -0.2) is 19.5 Å². The molecule has 1 fully saturated rings. The topological polar surface area (TPSA) is 101 Å². The minimum atomic E-state index is -0.366. The molecule has 1 atom stereocenters. The van der Waals surface area contributed by atoms with Crippen LogP contribution in [-0.4, -0.2) is 88.9 Å². The molecule has 2 aliphatic heterocycles. The molecule has 0 bridgehead atoms. The molecule has 0 spiro atoms. The SMILES string of the molecule is Cc1nn2c3c(nc2s1)CCN(C(=O)COc1ccc(N2CCOCC2)nc1Cl)C3c1cnc(N(C)C)s1. The van der Waals surface area contributed by atoms with Crippen LogP contribution in [0.15, 0.2) is 18.3 Å². The average Bonchev–Trinajstić information content (AvgIpc) is 3.62. The molecule has 38 heavy (non-hydrogen) atoms. The number of hydrogen-bond acceptors (Lipinski definition) is 11. The first-order valence-corrected chi connectivity index (χ1v) is 14.3. The summed E-state index contributed by atoms with van der Waals surface area (Å²) in [5, 5.41) is 6.70. The Morgan fingerprint density at radius 3 is 2.76 bits per heavy atom. The van der Waals surface area contributed by atoms with Crippen molar-refractivity contribution in [1.29, 1.82) is 0 Å². The van der Waals surface area contributed by atoms with Gasteiger partial charge in [-0.3, -0.25) is 4.79 Å². The summed E-state index contributed by atoms with van der Waals surface area (Å²) >= 11 is 9.54.